The fourth-order valence-electron chi connectivity index (χ4n) is 4.32. The highest BCUT2D eigenvalue weighted by atomic mass is 35.5. The van der Waals surface area contributed by atoms with Gasteiger partial charge in [-0.15, -0.1) is 0 Å². The number of hydrogen-bond acceptors (Lipinski definition) is 6. The van der Waals surface area contributed by atoms with Crippen LogP contribution in [0.5, 0.6) is 0 Å². The smallest absolute Gasteiger partial charge is 0.411 e. The van der Waals surface area contributed by atoms with Crippen LogP contribution in [0.4, 0.5) is 10.5 Å². The topological polar surface area (TPSA) is 140 Å². The third-order valence-electron chi connectivity index (χ3n) is 6.79. The lowest BCUT2D eigenvalue weighted by Crippen LogP contribution is -2.55. The highest BCUT2D eigenvalue weighted by Crippen LogP contribution is 2.33. The second kappa shape index (κ2) is 13.4. The van der Waals surface area contributed by atoms with Gasteiger partial charge in [-0.25, -0.2) is 4.79 Å². The SMILES string of the molecule is CCc1ccc(NC(=O)OCC2(C(=O)NCc3ccccc3Cl)CCN(C(=O)C(N)CCN)CC2)cc1. The van der Waals surface area contributed by atoms with Crippen molar-refractivity contribution >= 4 is 35.2 Å². The molecule has 9 nitrogen and oxygen atoms in total. The molecule has 3 amide bonds. The minimum Gasteiger partial charge on any atom is -0.448 e. The molecule has 0 bridgehead atoms. The molecule has 1 unspecified atom stereocenters. The number of anilines is 1. The number of halogens is 1. The summed E-state index contributed by atoms with van der Waals surface area (Å²) in [4.78, 5) is 40.3. The Hall–Kier alpha value is -3.14. The third-order valence-corrected chi connectivity index (χ3v) is 7.16. The number of likely N-dealkylation sites (tertiary alicyclic amines) is 1. The fourth-order valence-corrected chi connectivity index (χ4v) is 4.52. The van der Waals surface area contributed by atoms with Gasteiger partial charge in [0, 0.05) is 30.3 Å². The summed E-state index contributed by atoms with van der Waals surface area (Å²) in [5, 5.41) is 6.20. The van der Waals surface area contributed by atoms with Crippen LogP contribution in [0.1, 0.15) is 37.3 Å². The molecule has 37 heavy (non-hydrogen) atoms. The standard InChI is InChI=1S/C27H36ClN5O4/c1-2-19-7-9-21(10-8-19)32-26(36)37-18-27(25(35)31-17-20-5-3-4-6-22(20)28)12-15-33(16-13-27)24(34)23(30)11-14-29/h3-10,23H,2,11-18,29-30H2,1H3,(H,31,35)(H,32,36). The van der Waals surface area contributed by atoms with Crippen molar-refractivity contribution < 1.29 is 19.1 Å². The summed E-state index contributed by atoms with van der Waals surface area (Å²) in [6, 6.07) is 14.1. The lowest BCUT2D eigenvalue weighted by atomic mass is 9.78. The van der Waals surface area contributed by atoms with Crippen LogP contribution in [-0.4, -0.2) is 55.1 Å². The van der Waals surface area contributed by atoms with Crippen LogP contribution in [0.2, 0.25) is 5.02 Å². The van der Waals surface area contributed by atoms with Crippen molar-refractivity contribution in [1.29, 1.82) is 0 Å². The number of amides is 3. The molecule has 2 aromatic rings. The maximum absolute atomic E-state index is 13.4. The number of rotatable bonds is 10. The van der Waals surface area contributed by atoms with Crippen LogP contribution >= 0.6 is 11.6 Å². The second-order valence-corrected chi connectivity index (χ2v) is 9.72. The Morgan fingerprint density at radius 1 is 1.11 bits per heavy atom. The summed E-state index contributed by atoms with van der Waals surface area (Å²) in [5.74, 6) is -0.449. The van der Waals surface area contributed by atoms with Crippen LogP contribution < -0.4 is 22.1 Å². The molecule has 0 saturated carbocycles. The summed E-state index contributed by atoms with van der Waals surface area (Å²) >= 11 is 6.24. The van der Waals surface area contributed by atoms with Gasteiger partial charge in [0.15, 0.2) is 0 Å². The zero-order chi connectivity index (χ0) is 26.8. The number of ether oxygens (including phenoxy) is 1. The van der Waals surface area contributed by atoms with Crippen LogP contribution in [0.25, 0.3) is 0 Å². The van der Waals surface area contributed by atoms with Gasteiger partial charge < -0.3 is 26.4 Å². The average molecular weight is 530 g/mol. The Bertz CT molecular complexity index is 1070. The number of nitrogens with two attached hydrogens (primary N) is 2. The molecule has 6 N–H and O–H groups in total. The first-order chi connectivity index (χ1) is 17.8. The number of nitrogens with zero attached hydrogens (tertiary/aromatic N) is 1. The fraction of sp³-hybridized carbons (Fsp3) is 0.444. The molecule has 1 saturated heterocycles. The maximum atomic E-state index is 13.4. The Morgan fingerprint density at radius 3 is 2.41 bits per heavy atom. The van der Waals surface area contributed by atoms with E-state index in [1.165, 1.54) is 0 Å². The first-order valence-electron chi connectivity index (χ1n) is 12.6. The Morgan fingerprint density at radius 2 is 1.78 bits per heavy atom. The van der Waals surface area contributed by atoms with E-state index in [2.05, 4.69) is 17.6 Å². The van der Waals surface area contributed by atoms with Gasteiger partial charge in [0.25, 0.3) is 0 Å². The largest absolute Gasteiger partial charge is 0.448 e. The highest BCUT2D eigenvalue weighted by Gasteiger charge is 2.44. The molecule has 10 heteroatoms. The molecule has 1 fully saturated rings. The molecule has 1 heterocycles. The van der Waals surface area contributed by atoms with Crippen molar-refractivity contribution in [1.82, 2.24) is 10.2 Å². The van der Waals surface area contributed by atoms with Crippen LogP contribution in [0, 0.1) is 5.41 Å². The Labute approximate surface area is 222 Å². The molecule has 1 aliphatic rings. The molecular weight excluding hydrogens is 494 g/mol. The molecule has 2 aromatic carbocycles. The van der Waals surface area contributed by atoms with Crippen LogP contribution in [0.3, 0.4) is 0 Å². The number of benzene rings is 2. The van der Waals surface area contributed by atoms with Gasteiger partial charge in [0.05, 0.1) is 11.5 Å². The van der Waals surface area contributed by atoms with Gasteiger partial charge in [-0.05, 0) is 61.6 Å². The van der Waals surface area contributed by atoms with Crippen LogP contribution in [0.15, 0.2) is 48.5 Å². The van der Waals surface area contributed by atoms with Crippen molar-refractivity contribution in [3.05, 3.63) is 64.7 Å². The van der Waals surface area contributed by atoms with Gasteiger partial charge in [-0.3, -0.25) is 14.9 Å². The van der Waals surface area contributed by atoms with Gasteiger partial charge in [-0.1, -0.05) is 48.9 Å². The minimum atomic E-state index is -1.00. The lowest BCUT2D eigenvalue weighted by Gasteiger charge is -2.40. The van der Waals surface area contributed by atoms with Gasteiger partial charge >= 0.3 is 6.09 Å². The number of piperidine rings is 1. The molecular formula is C27H36ClN5O4. The van der Waals surface area contributed by atoms with E-state index in [4.69, 9.17) is 27.8 Å². The first kappa shape index (κ1) is 28.4. The predicted molar refractivity (Wildman–Crippen MR) is 144 cm³/mol. The number of aryl methyl sites for hydroxylation is 1. The minimum absolute atomic E-state index is 0.128. The third kappa shape index (κ3) is 7.67. The van der Waals surface area contributed by atoms with Crippen molar-refractivity contribution in [3.63, 3.8) is 0 Å². The van der Waals surface area contributed by atoms with E-state index in [1.807, 2.05) is 30.3 Å². The summed E-state index contributed by atoms with van der Waals surface area (Å²) in [6.07, 6.45) is 1.28. The van der Waals surface area contributed by atoms with E-state index in [-0.39, 0.29) is 25.0 Å². The average Bonchev–Trinajstić information content (AvgIpc) is 2.91. The summed E-state index contributed by atoms with van der Waals surface area (Å²) in [5.41, 5.74) is 13.0. The van der Waals surface area contributed by atoms with E-state index >= 15 is 0 Å². The highest BCUT2D eigenvalue weighted by molar-refractivity contribution is 6.31. The quantitative estimate of drug-likeness (QED) is 0.373. The van der Waals surface area contributed by atoms with E-state index < -0.39 is 17.6 Å². The van der Waals surface area contributed by atoms with Crippen LogP contribution in [-0.2, 0) is 27.3 Å². The molecule has 0 aromatic heterocycles. The van der Waals surface area contributed by atoms with Gasteiger partial charge in [0.2, 0.25) is 11.8 Å². The molecule has 1 aliphatic heterocycles. The molecule has 1 atom stereocenters. The summed E-state index contributed by atoms with van der Waals surface area (Å²) in [6.45, 7) is 3.12. The number of carbonyl (C=O) groups is 3. The number of carbonyl (C=O) groups excluding carboxylic acids is 3. The Balaban J connectivity index is 1.67. The lowest BCUT2D eigenvalue weighted by molar-refractivity contribution is -0.143. The maximum Gasteiger partial charge on any atom is 0.411 e. The van der Waals surface area contributed by atoms with E-state index in [9.17, 15) is 14.4 Å². The monoisotopic (exact) mass is 529 g/mol. The molecule has 200 valence electrons. The van der Waals surface area contributed by atoms with E-state index in [0.717, 1.165) is 17.5 Å². The zero-order valence-electron chi connectivity index (χ0n) is 21.2. The zero-order valence-corrected chi connectivity index (χ0v) is 21.9. The number of hydrogen-bond donors (Lipinski definition) is 4. The van der Waals surface area contributed by atoms with Gasteiger partial charge in [-0.2, -0.15) is 0 Å². The molecule has 3 rings (SSSR count). The molecule has 0 spiro atoms. The van der Waals surface area contributed by atoms with Crippen molar-refractivity contribution in [2.24, 2.45) is 16.9 Å². The van der Waals surface area contributed by atoms with Crippen molar-refractivity contribution in [3.8, 4) is 0 Å². The van der Waals surface area contributed by atoms with E-state index in [1.54, 1.807) is 23.1 Å². The Kier molecular flexibility index (Phi) is 10.3. The second-order valence-electron chi connectivity index (χ2n) is 9.32. The summed E-state index contributed by atoms with van der Waals surface area (Å²) in [7, 11) is 0. The number of nitrogens with one attached hydrogen (secondary N) is 2. The van der Waals surface area contributed by atoms with Crippen molar-refractivity contribution in [2.45, 2.75) is 45.2 Å². The van der Waals surface area contributed by atoms with Gasteiger partial charge in [0.1, 0.15) is 6.61 Å². The predicted octanol–water partition coefficient (Wildman–Crippen LogP) is 3.05. The molecule has 0 radical (unpaired) electrons. The first-order valence-corrected chi connectivity index (χ1v) is 12.9. The normalized spacial score (nSPS) is 15.5. The van der Waals surface area contributed by atoms with E-state index in [0.29, 0.717) is 49.6 Å². The van der Waals surface area contributed by atoms with Crippen molar-refractivity contribution in [2.75, 3.05) is 31.6 Å². The molecule has 0 aliphatic carbocycles. The summed E-state index contributed by atoms with van der Waals surface area (Å²) < 4.78 is 5.54.